The highest BCUT2D eigenvalue weighted by Gasteiger charge is 2.35. The van der Waals surface area contributed by atoms with Gasteiger partial charge in [-0.1, -0.05) is 0 Å². The second-order valence-electron chi connectivity index (χ2n) is 5.56. The number of ether oxygens (including phenoxy) is 1. The number of rotatable bonds is 5. The molecule has 1 fully saturated rings. The Hall–Kier alpha value is -0.820. The molecule has 1 aromatic rings. The molecular weight excluding hydrogens is 324 g/mol. The van der Waals surface area contributed by atoms with E-state index in [9.17, 15) is 8.42 Å². The molecule has 126 valence electrons. The topological polar surface area (TPSA) is 58.6 Å². The fourth-order valence-corrected chi connectivity index (χ4v) is 4.94. The summed E-state index contributed by atoms with van der Waals surface area (Å²) in [7, 11) is -0.000775. The van der Waals surface area contributed by atoms with E-state index in [0.717, 1.165) is 29.7 Å². The minimum Gasteiger partial charge on any atom is -0.496 e. The lowest BCUT2D eigenvalue weighted by molar-refractivity contribution is 0.378. The molecule has 0 amide bonds. The summed E-state index contributed by atoms with van der Waals surface area (Å²) in [6.45, 7) is 4.97. The van der Waals surface area contributed by atoms with E-state index >= 15 is 0 Å². The molecule has 7 heteroatoms. The average Bonchev–Trinajstić information content (AvgIpc) is 2.90. The Labute approximate surface area is 139 Å². The number of nitrogens with zero attached hydrogens (tertiary/aromatic N) is 1. The largest absolute Gasteiger partial charge is 0.496 e. The SMILES string of the molecule is CNCC1CCCN1S(=O)(=O)c1cc(C)c(OC)cc1C.Cl. The highest BCUT2D eigenvalue weighted by molar-refractivity contribution is 7.89. The van der Waals surface area contributed by atoms with E-state index in [1.54, 1.807) is 23.5 Å². The van der Waals surface area contributed by atoms with Crippen molar-refractivity contribution in [3.05, 3.63) is 23.3 Å². The van der Waals surface area contributed by atoms with Crippen LogP contribution >= 0.6 is 12.4 Å². The van der Waals surface area contributed by atoms with E-state index in [0.29, 0.717) is 18.0 Å². The van der Waals surface area contributed by atoms with Crippen molar-refractivity contribution in [2.45, 2.75) is 37.6 Å². The van der Waals surface area contributed by atoms with Gasteiger partial charge in [0.2, 0.25) is 10.0 Å². The van der Waals surface area contributed by atoms with Gasteiger partial charge in [0, 0.05) is 19.1 Å². The van der Waals surface area contributed by atoms with Crippen LogP contribution in [0.15, 0.2) is 17.0 Å². The molecule has 1 saturated heterocycles. The summed E-state index contributed by atoms with van der Waals surface area (Å²) in [5.74, 6) is 0.722. The van der Waals surface area contributed by atoms with Gasteiger partial charge in [-0.05, 0) is 57.0 Å². The minimum atomic E-state index is -3.45. The van der Waals surface area contributed by atoms with Crippen LogP contribution in [0.25, 0.3) is 0 Å². The van der Waals surface area contributed by atoms with Gasteiger partial charge in [-0.2, -0.15) is 4.31 Å². The summed E-state index contributed by atoms with van der Waals surface area (Å²) in [5.41, 5.74) is 1.57. The van der Waals surface area contributed by atoms with Gasteiger partial charge in [-0.15, -0.1) is 12.4 Å². The normalized spacial score (nSPS) is 19.0. The van der Waals surface area contributed by atoms with Gasteiger partial charge >= 0.3 is 0 Å². The molecule has 5 nitrogen and oxygen atoms in total. The third-order valence-electron chi connectivity index (χ3n) is 4.04. The second kappa shape index (κ2) is 7.64. The van der Waals surface area contributed by atoms with Gasteiger partial charge in [0.05, 0.1) is 12.0 Å². The Morgan fingerprint density at radius 3 is 2.59 bits per heavy atom. The van der Waals surface area contributed by atoms with Gasteiger partial charge in [0.25, 0.3) is 0 Å². The van der Waals surface area contributed by atoms with Gasteiger partial charge < -0.3 is 10.1 Å². The maximum atomic E-state index is 12.9. The van der Waals surface area contributed by atoms with Crippen LogP contribution in [0.1, 0.15) is 24.0 Å². The van der Waals surface area contributed by atoms with Crippen molar-refractivity contribution in [3.8, 4) is 5.75 Å². The van der Waals surface area contributed by atoms with Gasteiger partial charge in [0.1, 0.15) is 5.75 Å². The van der Waals surface area contributed by atoms with Crippen LogP contribution in [0.2, 0.25) is 0 Å². The number of benzene rings is 1. The molecule has 1 aliphatic rings. The summed E-state index contributed by atoms with van der Waals surface area (Å²) in [6.07, 6.45) is 1.83. The van der Waals surface area contributed by atoms with Crippen LogP contribution in [0.3, 0.4) is 0 Å². The van der Waals surface area contributed by atoms with Crippen LogP contribution in [0.5, 0.6) is 5.75 Å². The minimum absolute atomic E-state index is 0. The average molecular weight is 349 g/mol. The second-order valence-corrected chi connectivity index (χ2v) is 7.42. The van der Waals surface area contributed by atoms with Gasteiger partial charge in [-0.25, -0.2) is 8.42 Å². The number of hydrogen-bond donors (Lipinski definition) is 1. The van der Waals surface area contributed by atoms with Crippen molar-refractivity contribution in [2.75, 3.05) is 27.2 Å². The lowest BCUT2D eigenvalue weighted by atomic mass is 10.1. The smallest absolute Gasteiger partial charge is 0.243 e. The molecule has 0 radical (unpaired) electrons. The Morgan fingerprint density at radius 1 is 1.32 bits per heavy atom. The van der Waals surface area contributed by atoms with Gasteiger partial charge in [0.15, 0.2) is 0 Å². The third-order valence-corrected chi connectivity index (χ3v) is 6.14. The number of sulfonamides is 1. The molecule has 2 rings (SSSR count). The summed E-state index contributed by atoms with van der Waals surface area (Å²) < 4.78 is 32.8. The van der Waals surface area contributed by atoms with E-state index in [1.165, 1.54) is 0 Å². The number of methoxy groups -OCH3 is 1. The zero-order valence-corrected chi connectivity index (χ0v) is 15.2. The van der Waals surface area contributed by atoms with Crippen molar-refractivity contribution in [1.29, 1.82) is 0 Å². The Bertz CT molecular complexity index is 619. The first-order chi connectivity index (χ1) is 9.91. The number of halogens is 1. The number of aryl methyl sites for hydroxylation is 2. The molecule has 1 heterocycles. The first kappa shape index (κ1) is 19.2. The van der Waals surface area contributed by atoms with Crippen molar-refractivity contribution in [1.82, 2.24) is 9.62 Å². The van der Waals surface area contributed by atoms with Crippen LogP contribution in [-0.4, -0.2) is 46.0 Å². The molecule has 0 saturated carbocycles. The predicted molar refractivity (Wildman–Crippen MR) is 90.6 cm³/mol. The maximum Gasteiger partial charge on any atom is 0.243 e. The highest BCUT2D eigenvalue weighted by Crippen LogP contribution is 2.31. The summed E-state index contributed by atoms with van der Waals surface area (Å²) >= 11 is 0. The molecule has 1 unspecified atom stereocenters. The monoisotopic (exact) mass is 348 g/mol. The van der Waals surface area contributed by atoms with Crippen LogP contribution in [-0.2, 0) is 10.0 Å². The van der Waals surface area contributed by atoms with E-state index < -0.39 is 10.0 Å². The highest BCUT2D eigenvalue weighted by atomic mass is 35.5. The quantitative estimate of drug-likeness (QED) is 0.885. The zero-order chi connectivity index (χ0) is 15.6. The number of nitrogens with one attached hydrogen (secondary N) is 1. The molecular formula is C15H25ClN2O3S. The molecule has 1 N–H and O–H groups in total. The van der Waals surface area contributed by atoms with E-state index in [4.69, 9.17) is 4.74 Å². The molecule has 1 atom stereocenters. The van der Waals surface area contributed by atoms with Crippen molar-refractivity contribution in [2.24, 2.45) is 0 Å². The molecule has 0 aromatic heterocycles. The standard InChI is InChI=1S/C15H24N2O3S.ClH/c1-11-9-15(12(2)8-14(11)20-4)21(18,19)17-7-5-6-13(17)10-16-3;/h8-9,13,16H,5-7,10H2,1-4H3;1H. The predicted octanol–water partition coefficient (Wildman–Crippen LogP) is 2.11. The first-order valence-corrected chi connectivity index (χ1v) is 8.67. The van der Waals surface area contributed by atoms with E-state index in [-0.39, 0.29) is 18.4 Å². The summed E-state index contributed by atoms with van der Waals surface area (Å²) in [6, 6.07) is 3.56. The van der Waals surface area contributed by atoms with Crippen molar-refractivity contribution >= 4 is 22.4 Å². The maximum absolute atomic E-state index is 12.9. The Kier molecular flexibility index (Phi) is 6.67. The fraction of sp³-hybridized carbons (Fsp3) is 0.600. The van der Waals surface area contributed by atoms with Gasteiger partial charge in [-0.3, -0.25) is 0 Å². The van der Waals surface area contributed by atoms with Crippen LogP contribution in [0, 0.1) is 13.8 Å². The lowest BCUT2D eigenvalue weighted by Gasteiger charge is -2.25. The molecule has 1 aliphatic heterocycles. The van der Waals surface area contributed by atoms with E-state index in [1.807, 2.05) is 20.9 Å². The molecule has 0 bridgehead atoms. The first-order valence-electron chi connectivity index (χ1n) is 7.23. The van der Waals surface area contributed by atoms with Crippen molar-refractivity contribution < 1.29 is 13.2 Å². The number of likely N-dealkylation sites (N-methyl/N-ethyl adjacent to an activating group) is 1. The Balaban J connectivity index is 0.00000242. The van der Waals surface area contributed by atoms with Crippen LogP contribution < -0.4 is 10.1 Å². The molecule has 0 aliphatic carbocycles. The molecule has 0 spiro atoms. The van der Waals surface area contributed by atoms with Crippen molar-refractivity contribution in [3.63, 3.8) is 0 Å². The lowest BCUT2D eigenvalue weighted by Crippen LogP contribution is -2.41. The van der Waals surface area contributed by atoms with E-state index in [2.05, 4.69) is 5.32 Å². The molecule has 22 heavy (non-hydrogen) atoms. The number of hydrogen-bond acceptors (Lipinski definition) is 4. The summed E-state index contributed by atoms with van der Waals surface area (Å²) in [5, 5.41) is 3.08. The summed E-state index contributed by atoms with van der Waals surface area (Å²) in [4.78, 5) is 0.392. The third kappa shape index (κ3) is 3.56. The zero-order valence-electron chi connectivity index (χ0n) is 13.5. The fourth-order valence-electron chi connectivity index (χ4n) is 2.95. The Morgan fingerprint density at radius 2 is 2.00 bits per heavy atom. The van der Waals surface area contributed by atoms with Crippen LogP contribution in [0.4, 0.5) is 0 Å². The molecule has 1 aromatic carbocycles.